The SMILES string of the molecule is COc1ccc(C2(C#Cc3nccs3)CCC(O)CC2)cc1OC1CCCC1. The van der Waals surface area contributed by atoms with Crippen molar-refractivity contribution in [1.29, 1.82) is 0 Å². The summed E-state index contributed by atoms with van der Waals surface area (Å²) in [6, 6.07) is 6.22. The number of thiazole rings is 1. The van der Waals surface area contributed by atoms with Crippen molar-refractivity contribution >= 4 is 11.3 Å². The van der Waals surface area contributed by atoms with Crippen LogP contribution in [0.4, 0.5) is 0 Å². The van der Waals surface area contributed by atoms with E-state index in [1.165, 1.54) is 12.8 Å². The van der Waals surface area contributed by atoms with Gasteiger partial charge in [-0.05, 0) is 75.0 Å². The largest absolute Gasteiger partial charge is 0.493 e. The lowest BCUT2D eigenvalue weighted by atomic mass is 9.69. The molecule has 2 aliphatic rings. The van der Waals surface area contributed by atoms with Crippen molar-refractivity contribution in [3.63, 3.8) is 0 Å². The number of aromatic nitrogens is 1. The zero-order chi connectivity index (χ0) is 19.4. The molecule has 0 spiro atoms. The molecular formula is C23H27NO3S. The summed E-state index contributed by atoms with van der Waals surface area (Å²) in [5.74, 6) is 8.38. The number of methoxy groups -OCH3 is 1. The van der Waals surface area contributed by atoms with Crippen molar-refractivity contribution in [3.05, 3.63) is 40.3 Å². The fourth-order valence-corrected chi connectivity index (χ4v) is 4.77. The molecular weight excluding hydrogens is 370 g/mol. The Labute approximate surface area is 170 Å². The molecule has 0 radical (unpaired) electrons. The molecule has 0 amide bonds. The van der Waals surface area contributed by atoms with Gasteiger partial charge in [0.1, 0.15) is 0 Å². The first kappa shape index (κ1) is 19.3. The van der Waals surface area contributed by atoms with E-state index in [9.17, 15) is 5.11 Å². The topological polar surface area (TPSA) is 51.6 Å². The number of aliphatic hydroxyl groups is 1. The van der Waals surface area contributed by atoms with Gasteiger partial charge in [-0.3, -0.25) is 0 Å². The highest BCUT2D eigenvalue weighted by Crippen LogP contribution is 2.43. The van der Waals surface area contributed by atoms with E-state index in [1.54, 1.807) is 24.6 Å². The second kappa shape index (κ2) is 8.55. The predicted molar refractivity (Wildman–Crippen MR) is 111 cm³/mol. The molecule has 0 atom stereocenters. The maximum atomic E-state index is 10.1. The third-order valence-electron chi connectivity index (χ3n) is 5.96. The molecule has 0 saturated heterocycles. The molecule has 4 rings (SSSR count). The fraction of sp³-hybridized carbons (Fsp3) is 0.522. The number of ether oxygens (including phenoxy) is 2. The van der Waals surface area contributed by atoms with Crippen LogP contribution in [0.2, 0.25) is 0 Å². The molecule has 0 bridgehead atoms. The normalized spacial score (nSPS) is 25.1. The zero-order valence-electron chi connectivity index (χ0n) is 16.3. The number of nitrogens with zero attached hydrogens (tertiary/aromatic N) is 1. The van der Waals surface area contributed by atoms with Crippen LogP contribution >= 0.6 is 11.3 Å². The van der Waals surface area contributed by atoms with E-state index in [0.717, 1.165) is 60.6 Å². The smallest absolute Gasteiger partial charge is 0.166 e. The van der Waals surface area contributed by atoms with Crippen molar-refractivity contribution in [2.75, 3.05) is 7.11 Å². The van der Waals surface area contributed by atoms with Gasteiger partial charge in [0.05, 0.1) is 24.7 Å². The average Bonchev–Trinajstić information content (AvgIpc) is 3.42. The molecule has 2 aromatic rings. The van der Waals surface area contributed by atoms with Gasteiger partial charge in [0.2, 0.25) is 0 Å². The molecule has 4 nitrogen and oxygen atoms in total. The van der Waals surface area contributed by atoms with Crippen molar-refractivity contribution in [3.8, 4) is 23.3 Å². The number of aliphatic hydroxyl groups excluding tert-OH is 1. The number of rotatable bonds is 4. The summed E-state index contributed by atoms with van der Waals surface area (Å²) in [6.45, 7) is 0. The summed E-state index contributed by atoms with van der Waals surface area (Å²) in [7, 11) is 1.69. The van der Waals surface area contributed by atoms with E-state index in [0.29, 0.717) is 0 Å². The Morgan fingerprint density at radius 2 is 1.93 bits per heavy atom. The maximum absolute atomic E-state index is 10.1. The summed E-state index contributed by atoms with van der Waals surface area (Å²) in [6.07, 6.45) is 9.69. The van der Waals surface area contributed by atoms with Crippen LogP contribution in [0.3, 0.4) is 0 Å². The van der Waals surface area contributed by atoms with Gasteiger partial charge in [-0.1, -0.05) is 12.0 Å². The van der Waals surface area contributed by atoms with Gasteiger partial charge in [0.25, 0.3) is 0 Å². The number of hydrogen-bond donors (Lipinski definition) is 1. The quantitative estimate of drug-likeness (QED) is 0.760. The molecule has 0 aliphatic heterocycles. The van der Waals surface area contributed by atoms with Crippen LogP contribution in [0.15, 0.2) is 29.8 Å². The highest BCUT2D eigenvalue weighted by atomic mass is 32.1. The van der Waals surface area contributed by atoms with Crippen LogP contribution < -0.4 is 9.47 Å². The van der Waals surface area contributed by atoms with Crippen molar-refractivity contribution in [2.24, 2.45) is 0 Å². The Morgan fingerprint density at radius 1 is 1.14 bits per heavy atom. The maximum Gasteiger partial charge on any atom is 0.166 e. The first-order valence-corrected chi connectivity index (χ1v) is 11.0. The van der Waals surface area contributed by atoms with Crippen molar-refractivity contribution in [1.82, 2.24) is 4.98 Å². The minimum Gasteiger partial charge on any atom is -0.493 e. The van der Waals surface area contributed by atoms with E-state index in [1.807, 2.05) is 11.4 Å². The van der Waals surface area contributed by atoms with Crippen molar-refractivity contribution < 1.29 is 14.6 Å². The predicted octanol–water partition coefficient (Wildman–Crippen LogP) is 4.70. The van der Waals surface area contributed by atoms with Crippen LogP contribution in [0, 0.1) is 11.8 Å². The summed E-state index contributed by atoms with van der Waals surface area (Å²) >= 11 is 1.56. The summed E-state index contributed by atoms with van der Waals surface area (Å²) in [5, 5.41) is 12.8. The van der Waals surface area contributed by atoms with Crippen LogP contribution in [-0.2, 0) is 5.41 Å². The molecule has 2 fully saturated rings. The molecule has 1 aromatic carbocycles. The molecule has 5 heteroatoms. The Hall–Kier alpha value is -2.03. The molecule has 28 heavy (non-hydrogen) atoms. The van der Waals surface area contributed by atoms with E-state index < -0.39 is 0 Å². The van der Waals surface area contributed by atoms with Gasteiger partial charge >= 0.3 is 0 Å². The van der Waals surface area contributed by atoms with Gasteiger partial charge in [0.15, 0.2) is 16.5 Å². The minimum absolute atomic E-state index is 0.234. The lowest BCUT2D eigenvalue weighted by Gasteiger charge is -2.35. The second-order valence-electron chi connectivity index (χ2n) is 7.79. The molecule has 148 valence electrons. The Bertz CT molecular complexity index is 838. The molecule has 1 heterocycles. The lowest BCUT2D eigenvalue weighted by molar-refractivity contribution is 0.110. The van der Waals surface area contributed by atoms with Gasteiger partial charge in [-0.25, -0.2) is 4.98 Å². The number of benzene rings is 1. The van der Waals surface area contributed by atoms with Gasteiger partial charge in [0, 0.05) is 11.6 Å². The molecule has 1 aromatic heterocycles. The van der Waals surface area contributed by atoms with E-state index in [-0.39, 0.29) is 17.6 Å². The molecule has 1 N–H and O–H groups in total. The minimum atomic E-state index is -0.287. The van der Waals surface area contributed by atoms with Gasteiger partial charge in [-0.2, -0.15) is 0 Å². The lowest BCUT2D eigenvalue weighted by Crippen LogP contribution is -2.32. The Balaban J connectivity index is 1.69. The third-order valence-corrected chi connectivity index (χ3v) is 6.65. The second-order valence-corrected chi connectivity index (χ2v) is 8.69. The summed E-state index contributed by atoms with van der Waals surface area (Å²) in [5.41, 5.74) is 0.863. The van der Waals surface area contributed by atoms with Gasteiger partial charge in [-0.15, -0.1) is 11.3 Å². The van der Waals surface area contributed by atoms with E-state index in [4.69, 9.17) is 9.47 Å². The third kappa shape index (κ3) is 4.19. The molecule has 2 saturated carbocycles. The first-order chi connectivity index (χ1) is 13.7. The van der Waals surface area contributed by atoms with E-state index >= 15 is 0 Å². The summed E-state index contributed by atoms with van der Waals surface area (Å²) < 4.78 is 11.9. The Kier molecular flexibility index (Phi) is 5.89. The summed E-state index contributed by atoms with van der Waals surface area (Å²) in [4.78, 5) is 4.30. The van der Waals surface area contributed by atoms with Crippen molar-refractivity contribution in [2.45, 2.75) is 69.0 Å². The molecule has 2 aliphatic carbocycles. The molecule has 0 unspecified atom stereocenters. The average molecular weight is 398 g/mol. The van der Waals surface area contributed by atoms with Crippen LogP contribution in [0.25, 0.3) is 0 Å². The van der Waals surface area contributed by atoms with Crippen LogP contribution in [0.1, 0.15) is 61.9 Å². The highest BCUT2D eigenvalue weighted by Gasteiger charge is 2.36. The van der Waals surface area contributed by atoms with Crippen LogP contribution in [0.5, 0.6) is 11.5 Å². The van der Waals surface area contributed by atoms with Crippen LogP contribution in [-0.4, -0.2) is 29.4 Å². The standard InChI is InChI=1S/C23H27NO3S/c1-26-20-7-6-17(16-21(20)27-19-4-2-3-5-19)23(11-8-18(25)9-12-23)13-10-22-24-14-15-28-22/h6-7,14-16,18-19,25H,2-5,8-9,11-12H2,1H3. The van der Waals surface area contributed by atoms with Gasteiger partial charge < -0.3 is 14.6 Å². The zero-order valence-corrected chi connectivity index (χ0v) is 17.1. The number of hydrogen-bond acceptors (Lipinski definition) is 5. The first-order valence-electron chi connectivity index (χ1n) is 10.1. The van der Waals surface area contributed by atoms with E-state index in [2.05, 4.69) is 29.0 Å². The fourth-order valence-electron chi connectivity index (χ4n) is 4.29. The highest BCUT2D eigenvalue weighted by molar-refractivity contribution is 7.10. The monoisotopic (exact) mass is 397 g/mol. The Morgan fingerprint density at radius 3 is 2.61 bits per heavy atom.